The van der Waals surface area contributed by atoms with E-state index in [1.165, 1.54) is 7.11 Å². The lowest BCUT2D eigenvalue weighted by molar-refractivity contribution is 0.0600. The first-order valence-electron chi connectivity index (χ1n) is 3.57. The normalized spacial score (nSPS) is 9.29. The number of hydrogen-bond acceptors (Lipinski definition) is 3. The quantitative estimate of drug-likeness (QED) is 0.748. The summed E-state index contributed by atoms with van der Waals surface area (Å²) in [6.07, 6.45) is 0. The molecular weight excluding hydrogens is 314 g/mol. The van der Waals surface area contributed by atoms with Crippen molar-refractivity contribution in [2.75, 3.05) is 7.11 Å². The van der Waals surface area contributed by atoms with Crippen LogP contribution >= 0.6 is 31.9 Å². The molecule has 3 nitrogen and oxygen atoms in total. The lowest BCUT2D eigenvalue weighted by Gasteiger charge is -2.04. The van der Waals surface area contributed by atoms with E-state index in [1.54, 1.807) is 12.1 Å². The molecule has 0 bridgehead atoms. The highest BCUT2D eigenvalue weighted by Gasteiger charge is 2.15. The fraction of sp³-hybridized carbons (Fsp3) is 0.111. The summed E-state index contributed by atoms with van der Waals surface area (Å²) in [5.74, 6) is -0.524. The van der Waals surface area contributed by atoms with Gasteiger partial charge in [0, 0.05) is 8.95 Å². The zero-order valence-corrected chi connectivity index (χ0v) is 10.3. The van der Waals surface area contributed by atoms with Crippen LogP contribution in [0.2, 0.25) is 0 Å². The predicted molar refractivity (Wildman–Crippen MR) is 57.9 cm³/mol. The number of benzene rings is 1. The number of ether oxygens (including phenoxy) is 1. The van der Waals surface area contributed by atoms with Crippen molar-refractivity contribution in [2.24, 2.45) is 0 Å². The summed E-state index contributed by atoms with van der Waals surface area (Å²) >= 11 is 6.42. The molecule has 0 saturated carbocycles. The third-order valence-electron chi connectivity index (χ3n) is 1.57. The summed E-state index contributed by atoms with van der Waals surface area (Å²) in [6, 6.07) is 5.19. The largest absolute Gasteiger partial charge is 0.465 e. The molecule has 1 rings (SSSR count). The zero-order valence-electron chi connectivity index (χ0n) is 7.17. The summed E-state index contributed by atoms with van der Waals surface area (Å²) in [6.45, 7) is 0. The first-order valence-corrected chi connectivity index (χ1v) is 5.16. The summed E-state index contributed by atoms with van der Waals surface area (Å²) in [5.41, 5.74) is 0.524. The Morgan fingerprint density at radius 1 is 1.50 bits per heavy atom. The molecule has 0 unspecified atom stereocenters. The fourth-order valence-corrected chi connectivity index (χ4v) is 2.27. The molecular formula is C9H5Br2NO2. The van der Waals surface area contributed by atoms with E-state index in [0.717, 1.165) is 0 Å². The van der Waals surface area contributed by atoms with Crippen molar-refractivity contribution >= 4 is 37.8 Å². The molecule has 0 amide bonds. The highest BCUT2D eigenvalue weighted by Crippen LogP contribution is 2.25. The second-order valence-electron chi connectivity index (χ2n) is 2.41. The van der Waals surface area contributed by atoms with E-state index in [4.69, 9.17) is 5.26 Å². The summed E-state index contributed by atoms with van der Waals surface area (Å²) in [4.78, 5) is 11.3. The van der Waals surface area contributed by atoms with Crippen LogP contribution in [0.15, 0.2) is 21.1 Å². The van der Waals surface area contributed by atoms with Gasteiger partial charge >= 0.3 is 5.97 Å². The molecule has 0 spiro atoms. The first kappa shape index (κ1) is 11.2. The van der Waals surface area contributed by atoms with E-state index >= 15 is 0 Å². The van der Waals surface area contributed by atoms with Gasteiger partial charge in [-0.3, -0.25) is 0 Å². The van der Waals surface area contributed by atoms with Crippen LogP contribution in [0.4, 0.5) is 0 Å². The van der Waals surface area contributed by atoms with Gasteiger partial charge in [0.2, 0.25) is 0 Å². The minimum Gasteiger partial charge on any atom is -0.465 e. The number of hydrogen-bond donors (Lipinski definition) is 0. The van der Waals surface area contributed by atoms with E-state index in [-0.39, 0.29) is 11.1 Å². The second-order valence-corrected chi connectivity index (χ2v) is 4.18. The van der Waals surface area contributed by atoms with Gasteiger partial charge in [-0.05, 0) is 28.1 Å². The van der Waals surface area contributed by atoms with Crippen molar-refractivity contribution in [3.05, 3.63) is 32.2 Å². The lowest BCUT2D eigenvalue weighted by atomic mass is 10.1. The molecule has 0 fully saturated rings. The van der Waals surface area contributed by atoms with E-state index < -0.39 is 5.97 Å². The molecule has 72 valence electrons. The molecule has 0 aliphatic carbocycles. The summed E-state index contributed by atoms with van der Waals surface area (Å²) in [7, 11) is 1.28. The molecule has 0 aromatic heterocycles. The van der Waals surface area contributed by atoms with Gasteiger partial charge in [-0.1, -0.05) is 15.9 Å². The number of methoxy groups -OCH3 is 1. The Morgan fingerprint density at radius 2 is 2.14 bits per heavy atom. The third kappa shape index (κ3) is 2.14. The highest BCUT2D eigenvalue weighted by molar-refractivity contribution is 9.11. The van der Waals surface area contributed by atoms with Crippen LogP contribution in [-0.4, -0.2) is 13.1 Å². The monoisotopic (exact) mass is 317 g/mol. The Labute approximate surface area is 97.9 Å². The minimum absolute atomic E-state index is 0.247. The maximum absolute atomic E-state index is 11.3. The molecule has 0 heterocycles. The van der Waals surface area contributed by atoms with E-state index in [0.29, 0.717) is 8.95 Å². The number of nitrogens with zero attached hydrogens (tertiary/aromatic N) is 1. The van der Waals surface area contributed by atoms with Crippen LogP contribution in [0.1, 0.15) is 15.9 Å². The van der Waals surface area contributed by atoms with Crippen LogP contribution in [-0.2, 0) is 4.74 Å². The number of rotatable bonds is 1. The zero-order chi connectivity index (χ0) is 10.7. The minimum atomic E-state index is -0.524. The maximum Gasteiger partial charge on any atom is 0.339 e. The first-order chi connectivity index (χ1) is 6.60. The summed E-state index contributed by atoms with van der Waals surface area (Å²) < 4.78 is 5.83. The van der Waals surface area contributed by atoms with Gasteiger partial charge in [0.25, 0.3) is 0 Å². The number of carbonyl (C=O) groups excluding carboxylic acids is 1. The molecule has 1 aromatic carbocycles. The van der Waals surface area contributed by atoms with Crippen molar-refractivity contribution in [1.29, 1.82) is 5.26 Å². The Morgan fingerprint density at radius 3 is 2.64 bits per heavy atom. The Bertz CT molecular complexity index is 424. The standard InChI is InChI=1S/C9H5Br2NO2/c1-14-9(13)6-2-5(10)3-8(11)7(6)4-12/h2-3H,1H3. The van der Waals surface area contributed by atoms with Crippen molar-refractivity contribution < 1.29 is 9.53 Å². The molecule has 0 aliphatic heterocycles. The molecule has 0 N–H and O–H groups in total. The van der Waals surface area contributed by atoms with Gasteiger partial charge in [0.05, 0.1) is 18.2 Å². The Balaban J connectivity index is 3.41. The average Bonchev–Trinajstić information content (AvgIpc) is 2.15. The van der Waals surface area contributed by atoms with E-state index in [2.05, 4.69) is 36.6 Å². The van der Waals surface area contributed by atoms with Crippen LogP contribution < -0.4 is 0 Å². The topological polar surface area (TPSA) is 50.1 Å². The highest BCUT2D eigenvalue weighted by atomic mass is 79.9. The molecule has 0 atom stereocenters. The Kier molecular flexibility index (Phi) is 3.67. The van der Waals surface area contributed by atoms with Crippen LogP contribution in [0.5, 0.6) is 0 Å². The van der Waals surface area contributed by atoms with Crippen molar-refractivity contribution in [3.63, 3.8) is 0 Å². The third-order valence-corrected chi connectivity index (χ3v) is 2.66. The van der Waals surface area contributed by atoms with Gasteiger partial charge in [0.15, 0.2) is 0 Å². The molecule has 0 radical (unpaired) electrons. The number of halogens is 2. The predicted octanol–water partition coefficient (Wildman–Crippen LogP) is 2.87. The van der Waals surface area contributed by atoms with Gasteiger partial charge in [-0.2, -0.15) is 5.26 Å². The SMILES string of the molecule is COC(=O)c1cc(Br)cc(Br)c1C#N. The number of esters is 1. The van der Waals surface area contributed by atoms with Crippen molar-refractivity contribution in [1.82, 2.24) is 0 Å². The van der Waals surface area contributed by atoms with Gasteiger partial charge in [0.1, 0.15) is 6.07 Å². The molecule has 14 heavy (non-hydrogen) atoms. The number of carbonyl (C=O) groups is 1. The van der Waals surface area contributed by atoms with Gasteiger partial charge < -0.3 is 4.74 Å². The lowest BCUT2D eigenvalue weighted by Crippen LogP contribution is -2.04. The summed E-state index contributed by atoms with van der Waals surface area (Å²) in [5, 5.41) is 8.83. The van der Waals surface area contributed by atoms with Gasteiger partial charge in [-0.15, -0.1) is 0 Å². The van der Waals surface area contributed by atoms with E-state index in [9.17, 15) is 4.79 Å². The average molecular weight is 319 g/mol. The van der Waals surface area contributed by atoms with Crippen LogP contribution in [0.3, 0.4) is 0 Å². The molecule has 0 saturated heterocycles. The second kappa shape index (κ2) is 4.58. The smallest absolute Gasteiger partial charge is 0.339 e. The van der Waals surface area contributed by atoms with Crippen molar-refractivity contribution in [3.8, 4) is 6.07 Å². The van der Waals surface area contributed by atoms with Crippen LogP contribution in [0, 0.1) is 11.3 Å². The molecule has 5 heteroatoms. The van der Waals surface area contributed by atoms with E-state index in [1.807, 2.05) is 6.07 Å². The maximum atomic E-state index is 11.3. The van der Waals surface area contributed by atoms with Crippen molar-refractivity contribution in [2.45, 2.75) is 0 Å². The molecule has 1 aromatic rings. The fourth-order valence-electron chi connectivity index (χ4n) is 0.958. The van der Waals surface area contributed by atoms with Crippen LogP contribution in [0.25, 0.3) is 0 Å². The molecule has 0 aliphatic rings. The van der Waals surface area contributed by atoms with Gasteiger partial charge in [-0.25, -0.2) is 4.79 Å². The Hall–Kier alpha value is -0.860. The number of nitriles is 1.